The Labute approximate surface area is 133 Å². The van der Waals surface area contributed by atoms with Crippen LogP contribution in [0.3, 0.4) is 0 Å². The number of thiazole rings is 1. The fraction of sp³-hybridized carbons (Fsp3) is 0.333. The van der Waals surface area contributed by atoms with Gasteiger partial charge in [0.15, 0.2) is 5.13 Å². The molecule has 1 amide bonds. The number of hydrogen-bond donors (Lipinski definition) is 2. The SMILES string of the molecule is CC(C)[C@H](N)C(=O)Nc1ncc(Cc2ccccc2Cl)s1. The topological polar surface area (TPSA) is 68.0 Å². The van der Waals surface area contributed by atoms with Gasteiger partial charge in [-0.05, 0) is 17.5 Å². The third-order valence-corrected chi connectivity index (χ3v) is 4.41. The third-order valence-electron chi connectivity index (χ3n) is 3.13. The van der Waals surface area contributed by atoms with E-state index < -0.39 is 6.04 Å². The Kier molecular flexibility index (Phi) is 5.33. The number of benzene rings is 1. The van der Waals surface area contributed by atoms with E-state index in [1.807, 2.05) is 38.1 Å². The summed E-state index contributed by atoms with van der Waals surface area (Å²) in [6, 6.07) is 7.17. The highest BCUT2D eigenvalue weighted by Gasteiger charge is 2.18. The summed E-state index contributed by atoms with van der Waals surface area (Å²) in [6.07, 6.45) is 2.45. The number of hydrogen-bond acceptors (Lipinski definition) is 4. The fourth-order valence-electron chi connectivity index (χ4n) is 1.77. The molecule has 21 heavy (non-hydrogen) atoms. The first-order chi connectivity index (χ1) is 9.97. The number of nitrogens with zero attached hydrogens (tertiary/aromatic N) is 1. The number of rotatable bonds is 5. The number of anilines is 1. The lowest BCUT2D eigenvalue weighted by Crippen LogP contribution is -2.39. The van der Waals surface area contributed by atoms with Gasteiger partial charge in [0.25, 0.3) is 0 Å². The van der Waals surface area contributed by atoms with Crippen LogP contribution in [0.15, 0.2) is 30.5 Å². The minimum absolute atomic E-state index is 0.0903. The number of halogens is 1. The van der Waals surface area contributed by atoms with Crippen molar-refractivity contribution in [3.8, 4) is 0 Å². The molecule has 112 valence electrons. The summed E-state index contributed by atoms with van der Waals surface area (Å²) < 4.78 is 0. The summed E-state index contributed by atoms with van der Waals surface area (Å²) in [6.45, 7) is 3.82. The van der Waals surface area contributed by atoms with Crippen LogP contribution >= 0.6 is 22.9 Å². The summed E-state index contributed by atoms with van der Waals surface area (Å²) in [5, 5.41) is 4.06. The molecule has 6 heteroatoms. The van der Waals surface area contributed by atoms with E-state index >= 15 is 0 Å². The molecule has 0 fully saturated rings. The Morgan fingerprint density at radius 2 is 2.14 bits per heavy atom. The van der Waals surface area contributed by atoms with Gasteiger partial charge in [-0.2, -0.15) is 0 Å². The standard InChI is InChI=1S/C15H18ClN3OS/c1-9(2)13(17)14(20)19-15-18-8-11(21-15)7-10-5-3-4-6-12(10)16/h3-6,8-9,13H,7,17H2,1-2H3,(H,18,19,20)/t13-/m0/s1. The molecule has 0 radical (unpaired) electrons. The number of carbonyl (C=O) groups excluding carboxylic acids is 1. The molecule has 0 saturated heterocycles. The van der Waals surface area contributed by atoms with Gasteiger partial charge in [-0.25, -0.2) is 4.98 Å². The Balaban J connectivity index is 2.02. The maximum absolute atomic E-state index is 11.9. The van der Waals surface area contributed by atoms with E-state index in [1.54, 1.807) is 6.20 Å². The third kappa shape index (κ3) is 4.27. The van der Waals surface area contributed by atoms with Crippen LogP contribution in [0.4, 0.5) is 5.13 Å². The molecule has 0 bridgehead atoms. The average Bonchev–Trinajstić information content (AvgIpc) is 2.87. The first-order valence-electron chi connectivity index (χ1n) is 6.72. The molecule has 0 aliphatic heterocycles. The highest BCUT2D eigenvalue weighted by molar-refractivity contribution is 7.15. The van der Waals surface area contributed by atoms with Gasteiger partial charge in [0, 0.05) is 22.5 Å². The molecule has 1 aromatic carbocycles. The molecule has 1 aromatic heterocycles. The molecule has 1 atom stereocenters. The second-order valence-electron chi connectivity index (χ2n) is 5.16. The zero-order chi connectivity index (χ0) is 15.4. The van der Waals surface area contributed by atoms with Crippen LogP contribution in [0.1, 0.15) is 24.3 Å². The van der Waals surface area contributed by atoms with Crippen LogP contribution in [0, 0.1) is 5.92 Å². The van der Waals surface area contributed by atoms with Crippen LogP contribution in [-0.2, 0) is 11.2 Å². The van der Waals surface area contributed by atoms with Gasteiger partial charge >= 0.3 is 0 Å². The quantitative estimate of drug-likeness (QED) is 0.887. The monoisotopic (exact) mass is 323 g/mol. The second-order valence-corrected chi connectivity index (χ2v) is 6.68. The predicted molar refractivity (Wildman–Crippen MR) is 87.8 cm³/mol. The normalized spacial score (nSPS) is 12.4. The number of aromatic nitrogens is 1. The lowest BCUT2D eigenvalue weighted by atomic mass is 10.1. The Hall–Kier alpha value is -1.43. The van der Waals surface area contributed by atoms with Crippen molar-refractivity contribution in [3.05, 3.63) is 45.9 Å². The highest BCUT2D eigenvalue weighted by atomic mass is 35.5. The number of nitrogens with two attached hydrogens (primary N) is 1. The number of amides is 1. The summed E-state index contributed by atoms with van der Waals surface area (Å²) in [7, 11) is 0. The minimum atomic E-state index is -0.527. The van der Waals surface area contributed by atoms with E-state index in [0.29, 0.717) is 11.6 Å². The van der Waals surface area contributed by atoms with E-state index in [4.69, 9.17) is 17.3 Å². The van der Waals surface area contributed by atoms with Crippen LogP contribution in [0.2, 0.25) is 5.02 Å². The second kappa shape index (κ2) is 7.02. The molecule has 2 aromatic rings. The predicted octanol–water partition coefficient (Wildman–Crippen LogP) is 3.31. The maximum atomic E-state index is 11.9. The lowest BCUT2D eigenvalue weighted by Gasteiger charge is -2.13. The average molecular weight is 324 g/mol. The molecule has 3 N–H and O–H groups in total. The summed E-state index contributed by atoms with van der Waals surface area (Å²) in [4.78, 5) is 17.1. The summed E-state index contributed by atoms with van der Waals surface area (Å²) in [5.41, 5.74) is 6.85. The molecule has 4 nitrogen and oxygen atoms in total. The van der Waals surface area contributed by atoms with Crippen LogP contribution in [-0.4, -0.2) is 16.9 Å². The van der Waals surface area contributed by atoms with Crippen molar-refractivity contribution in [3.63, 3.8) is 0 Å². The van der Waals surface area contributed by atoms with E-state index in [-0.39, 0.29) is 11.8 Å². The van der Waals surface area contributed by atoms with Crippen molar-refractivity contribution in [2.24, 2.45) is 11.7 Å². The van der Waals surface area contributed by atoms with E-state index in [1.165, 1.54) is 11.3 Å². The van der Waals surface area contributed by atoms with Gasteiger partial charge in [-0.1, -0.05) is 43.6 Å². The molecule has 0 spiro atoms. The van der Waals surface area contributed by atoms with E-state index in [9.17, 15) is 4.79 Å². The van der Waals surface area contributed by atoms with Crippen molar-refractivity contribution in [1.82, 2.24) is 4.98 Å². The van der Waals surface area contributed by atoms with Crippen molar-refractivity contribution in [1.29, 1.82) is 0 Å². The number of nitrogens with one attached hydrogen (secondary N) is 1. The molecule has 1 heterocycles. The van der Waals surface area contributed by atoms with Gasteiger partial charge in [0.1, 0.15) is 0 Å². The van der Waals surface area contributed by atoms with Crippen molar-refractivity contribution < 1.29 is 4.79 Å². The molecule has 2 rings (SSSR count). The largest absolute Gasteiger partial charge is 0.320 e. The summed E-state index contributed by atoms with van der Waals surface area (Å²) >= 11 is 7.58. The molecule has 0 unspecified atom stereocenters. The Bertz CT molecular complexity index is 627. The zero-order valence-electron chi connectivity index (χ0n) is 12.0. The van der Waals surface area contributed by atoms with Crippen LogP contribution < -0.4 is 11.1 Å². The number of carbonyl (C=O) groups is 1. The zero-order valence-corrected chi connectivity index (χ0v) is 13.5. The van der Waals surface area contributed by atoms with Crippen molar-refractivity contribution in [2.75, 3.05) is 5.32 Å². The Morgan fingerprint density at radius 1 is 1.43 bits per heavy atom. The lowest BCUT2D eigenvalue weighted by molar-refractivity contribution is -0.118. The minimum Gasteiger partial charge on any atom is -0.320 e. The Morgan fingerprint density at radius 3 is 2.81 bits per heavy atom. The van der Waals surface area contributed by atoms with Gasteiger partial charge in [0.2, 0.25) is 5.91 Å². The highest BCUT2D eigenvalue weighted by Crippen LogP contribution is 2.24. The fourth-order valence-corrected chi connectivity index (χ4v) is 2.81. The maximum Gasteiger partial charge on any atom is 0.243 e. The van der Waals surface area contributed by atoms with Crippen LogP contribution in [0.5, 0.6) is 0 Å². The van der Waals surface area contributed by atoms with Gasteiger partial charge < -0.3 is 11.1 Å². The van der Waals surface area contributed by atoms with Gasteiger partial charge in [-0.15, -0.1) is 11.3 Å². The smallest absolute Gasteiger partial charge is 0.243 e. The van der Waals surface area contributed by atoms with Crippen molar-refractivity contribution in [2.45, 2.75) is 26.3 Å². The first-order valence-corrected chi connectivity index (χ1v) is 7.91. The van der Waals surface area contributed by atoms with Gasteiger partial charge in [-0.3, -0.25) is 4.79 Å². The van der Waals surface area contributed by atoms with Crippen molar-refractivity contribution >= 4 is 34.0 Å². The van der Waals surface area contributed by atoms with Crippen LogP contribution in [0.25, 0.3) is 0 Å². The molecule has 0 aliphatic rings. The summed E-state index contributed by atoms with van der Waals surface area (Å²) in [5.74, 6) is -0.115. The molecule has 0 aliphatic carbocycles. The molecular formula is C15H18ClN3OS. The van der Waals surface area contributed by atoms with E-state index in [2.05, 4.69) is 10.3 Å². The molecule has 0 saturated carbocycles. The van der Waals surface area contributed by atoms with E-state index in [0.717, 1.165) is 15.5 Å². The molecular weight excluding hydrogens is 306 g/mol. The first kappa shape index (κ1) is 15.9. The van der Waals surface area contributed by atoms with Gasteiger partial charge in [0.05, 0.1) is 6.04 Å².